The van der Waals surface area contributed by atoms with Crippen molar-refractivity contribution in [3.05, 3.63) is 88.1 Å². The van der Waals surface area contributed by atoms with Gasteiger partial charge in [0.15, 0.2) is 0 Å². The third-order valence-electron chi connectivity index (χ3n) is 4.84. The number of nitrogens with zero attached hydrogens (tertiary/aromatic N) is 2. The van der Waals surface area contributed by atoms with Crippen LogP contribution in [0.5, 0.6) is 0 Å². The zero-order valence-corrected chi connectivity index (χ0v) is 18.9. The Hall–Kier alpha value is -3.12. The zero-order chi connectivity index (χ0) is 22.1. The number of urea groups is 1. The molecule has 31 heavy (non-hydrogen) atoms. The maximum absolute atomic E-state index is 13.3. The second kappa shape index (κ2) is 11.3. The van der Waals surface area contributed by atoms with Crippen LogP contribution >= 0.6 is 11.3 Å². The largest absolute Gasteiger partial charge is 0.332 e. The van der Waals surface area contributed by atoms with E-state index >= 15 is 0 Å². The minimum Gasteiger partial charge on any atom is -0.332 e. The molecule has 0 bridgehead atoms. The van der Waals surface area contributed by atoms with Gasteiger partial charge in [-0.15, -0.1) is 11.3 Å². The van der Waals surface area contributed by atoms with Gasteiger partial charge < -0.3 is 15.1 Å². The smallest absolute Gasteiger partial charge is 0.322 e. The number of hydrogen-bond donors (Lipinski definition) is 1. The lowest BCUT2D eigenvalue weighted by molar-refractivity contribution is -0.133. The van der Waals surface area contributed by atoms with Crippen molar-refractivity contribution < 1.29 is 9.59 Å². The number of thiophene rings is 1. The lowest BCUT2D eigenvalue weighted by Gasteiger charge is -2.27. The van der Waals surface area contributed by atoms with Crippen LogP contribution in [0, 0.1) is 6.92 Å². The van der Waals surface area contributed by atoms with E-state index in [-0.39, 0.29) is 18.5 Å². The average Bonchev–Trinajstić information content (AvgIpc) is 3.19. The fourth-order valence-corrected chi connectivity index (χ4v) is 4.21. The van der Waals surface area contributed by atoms with Gasteiger partial charge in [0.1, 0.15) is 6.54 Å². The van der Waals surface area contributed by atoms with Crippen molar-refractivity contribution in [2.24, 2.45) is 0 Å². The van der Waals surface area contributed by atoms with Gasteiger partial charge in [0.05, 0.1) is 6.54 Å². The molecular weight excluding hydrogens is 406 g/mol. The summed E-state index contributed by atoms with van der Waals surface area (Å²) >= 11 is 1.69. The summed E-state index contributed by atoms with van der Waals surface area (Å²) in [6, 6.07) is 23.2. The Morgan fingerprint density at radius 2 is 1.55 bits per heavy atom. The molecule has 0 aliphatic rings. The fraction of sp³-hybridized carbons (Fsp3) is 0.280. The summed E-state index contributed by atoms with van der Waals surface area (Å²) in [4.78, 5) is 31.9. The van der Waals surface area contributed by atoms with Crippen LogP contribution in [0.25, 0.3) is 0 Å². The van der Waals surface area contributed by atoms with E-state index in [1.807, 2.05) is 72.5 Å². The number of carbonyl (C=O) groups excluding carboxylic acids is 2. The highest BCUT2D eigenvalue weighted by Gasteiger charge is 2.22. The Morgan fingerprint density at radius 1 is 0.871 bits per heavy atom. The molecule has 1 heterocycles. The predicted octanol–water partition coefficient (Wildman–Crippen LogP) is 5.53. The monoisotopic (exact) mass is 435 g/mol. The van der Waals surface area contributed by atoms with E-state index in [2.05, 4.69) is 24.4 Å². The fourth-order valence-electron chi connectivity index (χ4n) is 3.30. The summed E-state index contributed by atoms with van der Waals surface area (Å²) < 4.78 is 0. The Bertz CT molecular complexity index is 973. The number of aryl methyl sites for hydroxylation is 1. The van der Waals surface area contributed by atoms with Crippen molar-refractivity contribution in [2.75, 3.05) is 18.4 Å². The van der Waals surface area contributed by atoms with Gasteiger partial charge in [-0.1, -0.05) is 55.5 Å². The topological polar surface area (TPSA) is 52.7 Å². The number of anilines is 1. The van der Waals surface area contributed by atoms with Crippen LogP contribution in [-0.2, 0) is 17.9 Å². The Kier molecular flexibility index (Phi) is 8.24. The molecule has 0 saturated heterocycles. The molecule has 3 rings (SSSR count). The van der Waals surface area contributed by atoms with E-state index in [9.17, 15) is 9.59 Å². The van der Waals surface area contributed by atoms with Gasteiger partial charge in [-0.2, -0.15) is 0 Å². The van der Waals surface area contributed by atoms with Gasteiger partial charge in [-0.05, 0) is 43.2 Å². The van der Waals surface area contributed by atoms with Gasteiger partial charge in [0.25, 0.3) is 0 Å². The number of carbonyl (C=O) groups is 2. The van der Waals surface area contributed by atoms with E-state index in [1.165, 1.54) is 4.88 Å². The summed E-state index contributed by atoms with van der Waals surface area (Å²) in [6.07, 6.45) is 0.776. The second-order valence-corrected chi connectivity index (χ2v) is 8.84. The Balaban J connectivity index is 1.73. The predicted molar refractivity (Wildman–Crippen MR) is 127 cm³/mol. The molecule has 0 atom stereocenters. The van der Waals surface area contributed by atoms with Crippen LogP contribution in [-0.4, -0.2) is 34.8 Å². The highest BCUT2D eigenvalue weighted by Crippen LogP contribution is 2.19. The van der Waals surface area contributed by atoms with Crippen molar-refractivity contribution in [1.29, 1.82) is 0 Å². The number of amides is 3. The summed E-state index contributed by atoms with van der Waals surface area (Å²) in [5.74, 6) is -0.0634. The third kappa shape index (κ3) is 6.96. The molecule has 3 amide bonds. The van der Waals surface area contributed by atoms with Gasteiger partial charge in [0, 0.05) is 28.5 Å². The molecule has 0 aliphatic heterocycles. The standard InChI is InChI=1S/C25H29N3O2S/c1-3-16-27(25(30)26-22-12-8-5-9-13-22)19-24(29)28(17-21-10-6-4-7-11-21)18-23-15-14-20(2)31-23/h4-15H,3,16-19H2,1-2H3,(H,26,30). The summed E-state index contributed by atoms with van der Waals surface area (Å²) in [7, 11) is 0. The van der Waals surface area contributed by atoms with Crippen LogP contribution in [0.4, 0.5) is 10.5 Å². The molecule has 6 heteroatoms. The Morgan fingerprint density at radius 3 is 2.16 bits per heavy atom. The molecule has 2 aromatic carbocycles. The molecule has 0 spiro atoms. The Labute approximate surface area is 188 Å². The van der Waals surface area contributed by atoms with Crippen LogP contribution in [0.2, 0.25) is 0 Å². The number of nitrogens with one attached hydrogen (secondary N) is 1. The lowest BCUT2D eigenvalue weighted by atomic mass is 10.2. The average molecular weight is 436 g/mol. The number of hydrogen-bond acceptors (Lipinski definition) is 3. The SMILES string of the molecule is CCCN(CC(=O)N(Cc1ccccc1)Cc1ccc(C)s1)C(=O)Nc1ccccc1. The molecule has 1 N–H and O–H groups in total. The molecule has 0 radical (unpaired) electrons. The minimum atomic E-state index is -0.256. The number of rotatable bonds is 9. The summed E-state index contributed by atoms with van der Waals surface area (Å²) in [5.41, 5.74) is 1.79. The molecular formula is C25H29N3O2S. The highest BCUT2D eigenvalue weighted by atomic mass is 32.1. The quantitative estimate of drug-likeness (QED) is 0.480. The van der Waals surface area contributed by atoms with E-state index in [1.54, 1.807) is 16.2 Å². The van der Waals surface area contributed by atoms with Crippen molar-refractivity contribution in [2.45, 2.75) is 33.4 Å². The second-order valence-electron chi connectivity index (χ2n) is 7.47. The van der Waals surface area contributed by atoms with Crippen molar-refractivity contribution >= 4 is 29.0 Å². The summed E-state index contributed by atoms with van der Waals surface area (Å²) in [5, 5.41) is 2.89. The van der Waals surface area contributed by atoms with Crippen molar-refractivity contribution in [3.8, 4) is 0 Å². The summed E-state index contributed by atoms with van der Waals surface area (Å²) in [6.45, 7) is 5.67. The van der Waals surface area contributed by atoms with E-state index in [4.69, 9.17) is 0 Å². The maximum Gasteiger partial charge on any atom is 0.322 e. The van der Waals surface area contributed by atoms with Crippen LogP contribution < -0.4 is 5.32 Å². The van der Waals surface area contributed by atoms with E-state index in [0.29, 0.717) is 19.6 Å². The van der Waals surface area contributed by atoms with Crippen LogP contribution in [0.15, 0.2) is 72.8 Å². The van der Waals surface area contributed by atoms with Crippen LogP contribution in [0.1, 0.15) is 28.7 Å². The van der Waals surface area contributed by atoms with E-state index in [0.717, 1.165) is 22.5 Å². The third-order valence-corrected chi connectivity index (χ3v) is 5.83. The first-order valence-corrected chi connectivity index (χ1v) is 11.3. The molecule has 0 aliphatic carbocycles. The first kappa shape index (κ1) is 22.6. The number of para-hydroxylation sites is 1. The number of benzene rings is 2. The molecule has 0 saturated carbocycles. The van der Waals surface area contributed by atoms with E-state index < -0.39 is 0 Å². The zero-order valence-electron chi connectivity index (χ0n) is 18.1. The molecule has 0 unspecified atom stereocenters. The first-order chi connectivity index (χ1) is 15.0. The van der Waals surface area contributed by atoms with Gasteiger partial charge in [0.2, 0.25) is 5.91 Å². The highest BCUT2D eigenvalue weighted by molar-refractivity contribution is 7.11. The molecule has 1 aromatic heterocycles. The molecule has 0 fully saturated rings. The normalized spacial score (nSPS) is 10.5. The molecule has 3 aromatic rings. The van der Waals surface area contributed by atoms with Gasteiger partial charge in [-0.25, -0.2) is 4.79 Å². The molecule has 5 nitrogen and oxygen atoms in total. The van der Waals surface area contributed by atoms with Crippen molar-refractivity contribution in [3.63, 3.8) is 0 Å². The molecule has 162 valence electrons. The van der Waals surface area contributed by atoms with Crippen LogP contribution in [0.3, 0.4) is 0 Å². The minimum absolute atomic E-state index is 0.0453. The maximum atomic E-state index is 13.3. The van der Waals surface area contributed by atoms with Crippen molar-refractivity contribution in [1.82, 2.24) is 9.80 Å². The first-order valence-electron chi connectivity index (χ1n) is 10.5. The van der Waals surface area contributed by atoms with Gasteiger partial charge >= 0.3 is 6.03 Å². The van der Waals surface area contributed by atoms with Gasteiger partial charge in [-0.3, -0.25) is 4.79 Å². The lowest BCUT2D eigenvalue weighted by Crippen LogP contribution is -2.44.